The van der Waals surface area contributed by atoms with Gasteiger partial charge in [0, 0.05) is 19.2 Å². The van der Waals surface area contributed by atoms with Crippen LogP contribution in [0.15, 0.2) is 48.5 Å². The molecule has 31 heavy (non-hydrogen) atoms. The van der Waals surface area contributed by atoms with Crippen molar-refractivity contribution in [3.8, 4) is 11.5 Å². The van der Waals surface area contributed by atoms with E-state index in [1.54, 1.807) is 19.1 Å². The Morgan fingerprint density at radius 3 is 2.45 bits per heavy atom. The maximum Gasteiger partial charge on any atom is 0.387 e. The average molecular weight is 436 g/mol. The fourth-order valence-corrected chi connectivity index (χ4v) is 2.63. The summed E-state index contributed by atoms with van der Waals surface area (Å²) in [5.41, 5.74) is 1.26. The molecule has 0 aliphatic carbocycles. The Morgan fingerprint density at radius 1 is 1.13 bits per heavy atom. The molecule has 2 amide bonds. The summed E-state index contributed by atoms with van der Waals surface area (Å²) in [6.07, 6.45) is 2.76. The van der Waals surface area contributed by atoms with Gasteiger partial charge in [0.2, 0.25) is 11.8 Å². The van der Waals surface area contributed by atoms with Gasteiger partial charge in [-0.1, -0.05) is 18.2 Å². The van der Waals surface area contributed by atoms with E-state index in [-0.39, 0.29) is 36.3 Å². The van der Waals surface area contributed by atoms with Gasteiger partial charge in [0.25, 0.3) is 0 Å². The summed E-state index contributed by atoms with van der Waals surface area (Å²) in [7, 11) is 1.32. The van der Waals surface area contributed by atoms with E-state index in [1.165, 1.54) is 54.5 Å². The summed E-state index contributed by atoms with van der Waals surface area (Å²) in [6, 6.07) is 9.99. The van der Waals surface area contributed by atoms with Gasteiger partial charge >= 0.3 is 6.61 Å². The predicted molar refractivity (Wildman–Crippen MR) is 109 cm³/mol. The topological polar surface area (TPSA) is 67.9 Å². The predicted octanol–water partition coefficient (Wildman–Crippen LogP) is 3.61. The van der Waals surface area contributed by atoms with Crippen molar-refractivity contribution in [2.75, 3.05) is 20.2 Å². The van der Waals surface area contributed by atoms with Crippen LogP contribution >= 0.6 is 0 Å². The minimum absolute atomic E-state index is 0.0995. The lowest BCUT2D eigenvalue weighted by Gasteiger charge is -2.18. The van der Waals surface area contributed by atoms with Gasteiger partial charge in [-0.05, 0) is 48.4 Å². The van der Waals surface area contributed by atoms with Gasteiger partial charge in [0.15, 0.2) is 11.5 Å². The number of likely N-dealkylation sites (N-methyl/N-ethyl adjacent to an activating group) is 1. The summed E-state index contributed by atoms with van der Waals surface area (Å²) < 4.78 is 47.1. The molecule has 0 heterocycles. The summed E-state index contributed by atoms with van der Waals surface area (Å²) >= 11 is 0. The van der Waals surface area contributed by atoms with E-state index in [0.29, 0.717) is 12.1 Å². The van der Waals surface area contributed by atoms with E-state index in [9.17, 15) is 22.8 Å². The zero-order chi connectivity index (χ0) is 22.8. The Kier molecular flexibility index (Phi) is 8.93. The second-order valence-corrected chi connectivity index (χ2v) is 6.38. The number of rotatable bonds is 10. The van der Waals surface area contributed by atoms with E-state index in [0.717, 1.165) is 5.56 Å². The van der Waals surface area contributed by atoms with Gasteiger partial charge in [-0.2, -0.15) is 8.78 Å². The van der Waals surface area contributed by atoms with Crippen LogP contribution in [0.5, 0.6) is 11.5 Å². The van der Waals surface area contributed by atoms with Crippen molar-refractivity contribution < 1.29 is 32.2 Å². The molecule has 0 unspecified atom stereocenters. The Morgan fingerprint density at radius 2 is 1.84 bits per heavy atom. The molecule has 2 rings (SSSR count). The fraction of sp³-hybridized carbons (Fsp3) is 0.273. The molecule has 166 valence electrons. The second kappa shape index (κ2) is 11.6. The normalized spacial score (nSPS) is 10.9. The first-order chi connectivity index (χ1) is 14.8. The number of hydrogen-bond acceptors (Lipinski definition) is 4. The average Bonchev–Trinajstić information content (AvgIpc) is 2.75. The molecule has 0 aromatic heterocycles. The highest BCUT2D eigenvalue weighted by Gasteiger charge is 2.14. The molecule has 0 atom stereocenters. The van der Waals surface area contributed by atoms with Gasteiger partial charge in [0.1, 0.15) is 5.82 Å². The van der Waals surface area contributed by atoms with Crippen molar-refractivity contribution in [3.63, 3.8) is 0 Å². The number of halogens is 3. The highest BCUT2D eigenvalue weighted by Crippen LogP contribution is 2.29. The van der Waals surface area contributed by atoms with Crippen LogP contribution in [0.4, 0.5) is 13.2 Å². The van der Waals surface area contributed by atoms with Gasteiger partial charge in [-0.15, -0.1) is 0 Å². The number of amides is 2. The number of benzene rings is 2. The zero-order valence-corrected chi connectivity index (χ0v) is 17.1. The molecule has 9 heteroatoms. The molecule has 0 saturated heterocycles. The van der Waals surface area contributed by atoms with Crippen LogP contribution in [0, 0.1) is 5.82 Å². The number of hydrogen-bond donors (Lipinski definition) is 1. The zero-order valence-electron chi connectivity index (χ0n) is 17.1. The number of ether oxygens (including phenoxy) is 2. The lowest BCUT2D eigenvalue weighted by atomic mass is 10.2. The van der Waals surface area contributed by atoms with Crippen molar-refractivity contribution in [3.05, 3.63) is 65.5 Å². The number of carbonyl (C=O) groups is 2. The third-order valence-electron chi connectivity index (χ3n) is 4.25. The molecule has 0 aliphatic heterocycles. The number of nitrogens with zero attached hydrogens (tertiary/aromatic N) is 1. The highest BCUT2D eigenvalue weighted by molar-refractivity contribution is 5.94. The van der Waals surface area contributed by atoms with Crippen LogP contribution in [0.1, 0.15) is 18.1 Å². The van der Waals surface area contributed by atoms with Crippen LogP contribution in [0.2, 0.25) is 0 Å². The number of methoxy groups -OCH3 is 1. The standard InChI is InChI=1S/C22H23F3N2O4/c1-3-27(14-20(28)26-13-16-4-8-17(23)9-5-16)21(29)11-7-15-6-10-18(31-22(24)25)19(12-15)30-2/h4-12,22H,3,13-14H2,1-2H3,(H,26,28). The third-order valence-corrected chi connectivity index (χ3v) is 4.25. The SMILES string of the molecule is CCN(CC(=O)NCc1ccc(F)cc1)C(=O)C=Cc1ccc(OC(F)F)c(OC)c1. The van der Waals surface area contributed by atoms with Crippen LogP contribution in [0.25, 0.3) is 6.08 Å². The van der Waals surface area contributed by atoms with E-state index in [2.05, 4.69) is 10.1 Å². The Balaban J connectivity index is 1.94. The summed E-state index contributed by atoms with van der Waals surface area (Å²) in [5, 5.41) is 2.68. The molecule has 0 aliphatic rings. The van der Waals surface area contributed by atoms with Gasteiger partial charge in [-0.25, -0.2) is 4.39 Å². The van der Waals surface area contributed by atoms with Crippen LogP contribution in [-0.4, -0.2) is 43.5 Å². The Hall–Kier alpha value is -3.49. The third kappa shape index (κ3) is 7.69. The van der Waals surface area contributed by atoms with E-state index in [1.807, 2.05) is 0 Å². The van der Waals surface area contributed by atoms with Crippen LogP contribution in [-0.2, 0) is 16.1 Å². The Bertz CT molecular complexity index is 917. The largest absolute Gasteiger partial charge is 0.493 e. The molecular formula is C22H23F3N2O4. The number of alkyl halides is 2. The first-order valence-electron chi connectivity index (χ1n) is 9.43. The second-order valence-electron chi connectivity index (χ2n) is 6.38. The molecule has 0 fully saturated rings. The van der Waals surface area contributed by atoms with Crippen molar-refractivity contribution in [2.45, 2.75) is 20.1 Å². The summed E-state index contributed by atoms with van der Waals surface area (Å²) in [4.78, 5) is 25.9. The summed E-state index contributed by atoms with van der Waals surface area (Å²) in [6.45, 7) is -0.876. The Labute approximate surface area is 178 Å². The first-order valence-corrected chi connectivity index (χ1v) is 9.43. The minimum Gasteiger partial charge on any atom is -0.493 e. The van der Waals surface area contributed by atoms with E-state index in [4.69, 9.17) is 4.74 Å². The van der Waals surface area contributed by atoms with Gasteiger partial charge in [0.05, 0.1) is 13.7 Å². The summed E-state index contributed by atoms with van der Waals surface area (Å²) in [5.74, 6) is -1.13. The highest BCUT2D eigenvalue weighted by atomic mass is 19.3. The van der Waals surface area contributed by atoms with E-state index < -0.39 is 12.5 Å². The van der Waals surface area contributed by atoms with Crippen molar-refractivity contribution in [2.24, 2.45) is 0 Å². The van der Waals surface area contributed by atoms with E-state index >= 15 is 0 Å². The monoisotopic (exact) mass is 436 g/mol. The molecule has 2 aromatic carbocycles. The minimum atomic E-state index is -2.98. The lowest BCUT2D eigenvalue weighted by molar-refractivity contribution is -0.132. The van der Waals surface area contributed by atoms with Crippen molar-refractivity contribution >= 4 is 17.9 Å². The van der Waals surface area contributed by atoms with Gasteiger partial charge < -0.3 is 19.7 Å². The van der Waals surface area contributed by atoms with Gasteiger partial charge in [-0.3, -0.25) is 9.59 Å². The molecule has 6 nitrogen and oxygen atoms in total. The molecule has 0 saturated carbocycles. The smallest absolute Gasteiger partial charge is 0.387 e. The number of nitrogens with one attached hydrogen (secondary N) is 1. The number of carbonyl (C=O) groups excluding carboxylic acids is 2. The molecule has 0 bridgehead atoms. The molecule has 0 spiro atoms. The maximum atomic E-state index is 12.9. The van der Waals surface area contributed by atoms with Crippen molar-refractivity contribution in [1.29, 1.82) is 0 Å². The molecule has 1 N–H and O–H groups in total. The first kappa shape index (κ1) is 23.8. The van der Waals surface area contributed by atoms with Crippen LogP contribution in [0.3, 0.4) is 0 Å². The molecule has 2 aromatic rings. The maximum absolute atomic E-state index is 12.9. The quantitative estimate of drug-likeness (QED) is 0.578. The molecule has 0 radical (unpaired) electrons. The fourth-order valence-electron chi connectivity index (χ4n) is 2.63. The van der Waals surface area contributed by atoms with Crippen LogP contribution < -0.4 is 14.8 Å². The van der Waals surface area contributed by atoms with Crippen molar-refractivity contribution in [1.82, 2.24) is 10.2 Å². The lowest BCUT2D eigenvalue weighted by Crippen LogP contribution is -2.39. The molecular weight excluding hydrogens is 413 g/mol.